The Morgan fingerprint density at radius 3 is 1.53 bits per heavy atom. The number of hydrogen-bond donors (Lipinski definition) is 0. The van der Waals surface area contributed by atoms with Crippen LogP contribution in [0.4, 0.5) is 0 Å². The second-order valence-corrected chi connectivity index (χ2v) is 13.5. The van der Waals surface area contributed by atoms with E-state index in [2.05, 4.69) is 127 Å². The summed E-state index contributed by atoms with van der Waals surface area (Å²) >= 11 is 1.85. The van der Waals surface area contributed by atoms with Crippen LogP contribution in [0, 0.1) is 0 Å². The molecule has 10 rings (SSSR count). The first-order valence-corrected chi connectivity index (χ1v) is 17.3. The monoisotopic (exact) mass is 641 g/mol. The lowest BCUT2D eigenvalue weighted by molar-refractivity contribution is 1.08. The first kappa shape index (κ1) is 27.8. The first-order valence-electron chi connectivity index (χ1n) is 16.4. The number of rotatable bonds is 4. The first-order chi connectivity index (χ1) is 24.3. The summed E-state index contributed by atoms with van der Waals surface area (Å²) < 4.78 is 2.64. The van der Waals surface area contributed by atoms with Gasteiger partial charge >= 0.3 is 0 Å². The summed E-state index contributed by atoms with van der Waals surface area (Å²) in [7, 11) is 0. The standard InChI is InChI=1S/C45H27N3S/c1-3-12-28(13-4-1)43-46-44(29-14-5-2-6-15-29)48-45(47-43)37-20-11-19-35-32-16-7-8-17-33(32)38-26-30(22-24-36(38)42(35)37)31-23-25-41-39(27-31)34-18-9-10-21-40(34)49-41/h1-27H. The highest BCUT2D eigenvalue weighted by Gasteiger charge is 2.18. The summed E-state index contributed by atoms with van der Waals surface area (Å²) in [5.74, 6) is 1.98. The molecule has 0 aliphatic heterocycles. The van der Waals surface area contributed by atoms with Gasteiger partial charge in [0.25, 0.3) is 0 Å². The van der Waals surface area contributed by atoms with Crippen LogP contribution in [0.1, 0.15) is 0 Å². The van der Waals surface area contributed by atoms with E-state index in [-0.39, 0.29) is 0 Å². The van der Waals surface area contributed by atoms with E-state index < -0.39 is 0 Å². The maximum absolute atomic E-state index is 5.13. The third-order valence-electron chi connectivity index (χ3n) is 9.51. The number of thiophene rings is 1. The third kappa shape index (κ3) is 4.61. The van der Waals surface area contributed by atoms with Gasteiger partial charge in [0, 0.05) is 42.2 Å². The summed E-state index contributed by atoms with van der Waals surface area (Å²) in [6, 6.07) is 58.1. The number of hydrogen-bond acceptors (Lipinski definition) is 4. The molecule has 4 heteroatoms. The zero-order valence-electron chi connectivity index (χ0n) is 26.3. The molecular weight excluding hydrogens is 615 g/mol. The van der Waals surface area contributed by atoms with Crippen LogP contribution in [0.5, 0.6) is 0 Å². The van der Waals surface area contributed by atoms with E-state index in [0.29, 0.717) is 17.5 Å². The summed E-state index contributed by atoms with van der Waals surface area (Å²) in [5, 5.41) is 9.78. The van der Waals surface area contributed by atoms with Crippen molar-refractivity contribution in [3.63, 3.8) is 0 Å². The van der Waals surface area contributed by atoms with Crippen LogP contribution < -0.4 is 0 Å². The van der Waals surface area contributed by atoms with Crippen LogP contribution in [0.15, 0.2) is 164 Å². The topological polar surface area (TPSA) is 38.7 Å². The van der Waals surface area contributed by atoms with Gasteiger partial charge in [0.1, 0.15) is 0 Å². The lowest BCUT2D eigenvalue weighted by atomic mass is 9.89. The molecule has 2 heterocycles. The minimum atomic E-state index is 0.658. The van der Waals surface area contributed by atoms with Crippen molar-refractivity contribution in [2.24, 2.45) is 0 Å². The number of nitrogens with zero attached hydrogens (tertiary/aromatic N) is 3. The highest BCUT2D eigenvalue weighted by molar-refractivity contribution is 7.25. The Hall–Kier alpha value is -6.23. The number of aromatic nitrogens is 3. The molecule has 228 valence electrons. The highest BCUT2D eigenvalue weighted by atomic mass is 32.1. The van der Waals surface area contributed by atoms with Crippen molar-refractivity contribution < 1.29 is 0 Å². The van der Waals surface area contributed by atoms with Crippen LogP contribution in [0.25, 0.3) is 97.8 Å². The molecule has 0 aliphatic rings. The molecule has 0 fully saturated rings. The summed E-state index contributed by atoms with van der Waals surface area (Å²) in [6.07, 6.45) is 0. The molecule has 0 saturated carbocycles. The maximum atomic E-state index is 5.13. The third-order valence-corrected chi connectivity index (χ3v) is 10.7. The van der Waals surface area contributed by atoms with E-state index in [1.165, 1.54) is 58.2 Å². The van der Waals surface area contributed by atoms with E-state index in [0.717, 1.165) is 22.1 Å². The van der Waals surface area contributed by atoms with Crippen LogP contribution in [-0.2, 0) is 0 Å². The van der Waals surface area contributed by atoms with Gasteiger partial charge in [-0.1, -0.05) is 140 Å². The van der Waals surface area contributed by atoms with Crippen LogP contribution in [0.2, 0.25) is 0 Å². The second-order valence-electron chi connectivity index (χ2n) is 12.4. The smallest absolute Gasteiger partial charge is 0.164 e. The minimum Gasteiger partial charge on any atom is -0.208 e. The zero-order chi connectivity index (χ0) is 32.3. The van der Waals surface area contributed by atoms with Crippen LogP contribution in [0.3, 0.4) is 0 Å². The van der Waals surface area contributed by atoms with Crippen molar-refractivity contribution >= 4 is 63.8 Å². The van der Waals surface area contributed by atoms with Crippen molar-refractivity contribution in [3.8, 4) is 45.3 Å². The van der Waals surface area contributed by atoms with E-state index in [4.69, 9.17) is 15.0 Å². The fraction of sp³-hybridized carbons (Fsp3) is 0. The largest absolute Gasteiger partial charge is 0.208 e. The Morgan fingerprint density at radius 1 is 0.306 bits per heavy atom. The maximum Gasteiger partial charge on any atom is 0.164 e. The van der Waals surface area contributed by atoms with Crippen LogP contribution >= 0.6 is 11.3 Å². The molecule has 0 bridgehead atoms. The van der Waals surface area contributed by atoms with Gasteiger partial charge in [-0.3, -0.25) is 0 Å². The Balaban J connectivity index is 1.24. The Kier molecular flexibility index (Phi) is 6.36. The van der Waals surface area contributed by atoms with Gasteiger partial charge in [-0.2, -0.15) is 0 Å². The lowest BCUT2D eigenvalue weighted by Crippen LogP contribution is -2.00. The average molecular weight is 642 g/mol. The van der Waals surface area contributed by atoms with Crippen molar-refractivity contribution in [1.29, 1.82) is 0 Å². The van der Waals surface area contributed by atoms with Crippen molar-refractivity contribution in [2.75, 3.05) is 0 Å². The average Bonchev–Trinajstić information content (AvgIpc) is 3.56. The van der Waals surface area contributed by atoms with E-state index in [9.17, 15) is 0 Å². The SMILES string of the molecule is c1ccc(-c2nc(-c3ccccc3)nc(-c3cccc4c5ccccc5c5cc(-c6ccc7sc8ccccc8c7c6)ccc5c34)n2)cc1. The molecule has 0 radical (unpaired) electrons. The molecule has 8 aromatic carbocycles. The van der Waals surface area contributed by atoms with Gasteiger partial charge in [-0.05, 0) is 62.3 Å². The van der Waals surface area contributed by atoms with E-state index in [1.807, 2.05) is 47.7 Å². The van der Waals surface area contributed by atoms with Gasteiger partial charge in [-0.15, -0.1) is 11.3 Å². The molecular formula is C45H27N3S. The van der Waals surface area contributed by atoms with Crippen LogP contribution in [-0.4, -0.2) is 15.0 Å². The molecule has 0 spiro atoms. The number of benzene rings is 8. The van der Waals surface area contributed by atoms with E-state index in [1.54, 1.807) is 0 Å². The van der Waals surface area contributed by atoms with Crippen molar-refractivity contribution in [2.45, 2.75) is 0 Å². The normalized spacial score (nSPS) is 11.7. The van der Waals surface area contributed by atoms with Crippen molar-refractivity contribution in [3.05, 3.63) is 164 Å². The van der Waals surface area contributed by atoms with Gasteiger partial charge < -0.3 is 0 Å². The van der Waals surface area contributed by atoms with Gasteiger partial charge in [0.05, 0.1) is 0 Å². The quantitative estimate of drug-likeness (QED) is 0.180. The summed E-state index contributed by atoms with van der Waals surface area (Å²) in [4.78, 5) is 15.2. The molecule has 0 N–H and O–H groups in total. The molecule has 0 amide bonds. The zero-order valence-corrected chi connectivity index (χ0v) is 27.2. The lowest BCUT2D eigenvalue weighted by Gasteiger charge is -2.15. The molecule has 10 aromatic rings. The predicted octanol–water partition coefficient (Wildman–Crippen LogP) is 12.4. The van der Waals surface area contributed by atoms with Gasteiger partial charge in [0.2, 0.25) is 0 Å². The fourth-order valence-electron chi connectivity index (χ4n) is 7.21. The Morgan fingerprint density at radius 2 is 0.816 bits per heavy atom. The van der Waals surface area contributed by atoms with E-state index >= 15 is 0 Å². The Labute approximate surface area is 286 Å². The van der Waals surface area contributed by atoms with Gasteiger partial charge in [0.15, 0.2) is 17.5 Å². The summed E-state index contributed by atoms with van der Waals surface area (Å²) in [5.41, 5.74) is 5.32. The second kappa shape index (κ2) is 11.2. The minimum absolute atomic E-state index is 0.658. The molecule has 0 atom stereocenters. The Bertz CT molecular complexity index is 2820. The summed E-state index contributed by atoms with van der Waals surface area (Å²) in [6.45, 7) is 0. The van der Waals surface area contributed by atoms with Gasteiger partial charge in [-0.25, -0.2) is 15.0 Å². The molecule has 0 saturated heterocycles. The molecule has 0 aliphatic carbocycles. The number of fused-ring (bicyclic) bond motifs is 9. The molecule has 49 heavy (non-hydrogen) atoms. The predicted molar refractivity (Wildman–Crippen MR) is 207 cm³/mol. The molecule has 2 aromatic heterocycles. The highest BCUT2D eigenvalue weighted by Crippen LogP contribution is 2.42. The molecule has 0 unspecified atom stereocenters. The molecule has 3 nitrogen and oxygen atoms in total. The van der Waals surface area contributed by atoms with Crippen molar-refractivity contribution in [1.82, 2.24) is 15.0 Å². The fourth-order valence-corrected chi connectivity index (χ4v) is 8.29.